The highest BCUT2D eigenvalue weighted by Gasteiger charge is 2.53. The maximum atomic E-state index is 12.5. The van der Waals surface area contributed by atoms with E-state index in [1.54, 1.807) is 12.1 Å². The van der Waals surface area contributed by atoms with Gasteiger partial charge in [0.15, 0.2) is 0 Å². The molecule has 1 aliphatic carbocycles. The van der Waals surface area contributed by atoms with Gasteiger partial charge in [0.1, 0.15) is 13.1 Å². The molecule has 1 aromatic carbocycles. The van der Waals surface area contributed by atoms with Crippen molar-refractivity contribution >= 4 is 17.8 Å². The Balaban J connectivity index is 2.23. The topological polar surface area (TPSA) is 94.9 Å². The normalized spacial score (nSPS) is 15.4. The van der Waals surface area contributed by atoms with Gasteiger partial charge in [-0.3, -0.25) is 14.4 Å². The third-order valence-corrected chi connectivity index (χ3v) is 3.43. The fraction of sp³-hybridized carbons (Fsp3) is 0.357. The van der Waals surface area contributed by atoms with Crippen LogP contribution in [0, 0.1) is 0 Å². The van der Waals surface area contributed by atoms with Gasteiger partial charge < -0.3 is 15.1 Å². The molecule has 20 heavy (non-hydrogen) atoms. The molecule has 0 saturated heterocycles. The van der Waals surface area contributed by atoms with E-state index in [2.05, 4.69) is 0 Å². The predicted octanol–water partition coefficient (Wildman–Crippen LogP) is 0.716. The van der Waals surface area contributed by atoms with Gasteiger partial charge in [-0.05, 0) is 18.4 Å². The highest BCUT2D eigenvalue weighted by Crippen LogP contribution is 2.49. The minimum absolute atomic E-state index is 0.423. The van der Waals surface area contributed by atoms with Crippen LogP contribution in [0.1, 0.15) is 18.4 Å². The molecular weight excluding hydrogens is 262 g/mol. The zero-order valence-corrected chi connectivity index (χ0v) is 10.8. The lowest BCUT2D eigenvalue weighted by Gasteiger charge is -2.24. The van der Waals surface area contributed by atoms with Crippen molar-refractivity contribution in [2.75, 3.05) is 13.1 Å². The van der Waals surface area contributed by atoms with Crippen LogP contribution in [0.4, 0.5) is 0 Å². The van der Waals surface area contributed by atoms with Crippen LogP contribution >= 0.6 is 0 Å². The Kier molecular flexibility index (Phi) is 3.74. The van der Waals surface area contributed by atoms with E-state index in [4.69, 9.17) is 10.2 Å². The second-order valence-electron chi connectivity index (χ2n) is 4.90. The van der Waals surface area contributed by atoms with Crippen molar-refractivity contribution in [1.29, 1.82) is 0 Å². The average Bonchev–Trinajstić information content (AvgIpc) is 3.18. The summed E-state index contributed by atoms with van der Waals surface area (Å²) < 4.78 is 0. The molecule has 0 unspecified atom stereocenters. The summed E-state index contributed by atoms with van der Waals surface area (Å²) in [6, 6.07) is 9.06. The summed E-state index contributed by atoms with van der Waals surface area (Å²) in [5.74, 6) is -2.86. The number of benzene rings is 1. The van der Waals surface area contributed by atoms with Crippen molar-refractivity contribution < 1.29 is 24.6 Å². The summed E-state index contributed by atoms with van der Waals surface area (Å²) in [6.45, 7) is -1.20. The Labute approximate surface area is 115 Å². The summed E-state index contributed by atoms with van der Waals surface area (Å²) in [6.07, 6.45) is 1.23. The molecule has 1 fully saturated rings. The van der Waals surface area contributed by atoms with E-state index in [0.29, 0.717) is 12.8 Å². The van der Waals surface area contributed by atoms with Crippen LogP contribution in [0.25, 0.3) is 0 Å². The lowest BCUT2D eigenvalue weighted by atomic mass is 9.94. The van der Waals surface area contributed by atoms with Gasteiger partial charge in [-0.1, -0.05) is 30.3 Å². The average molecular weight is 277 g/mol. The molecule has 2 N–H and O–H groups in total. The summed E-state index contributed by atoms with van der Waals surface area (Å²) >= 11 is 0. The maximum absolute atomic E-state index is 12.5. The van der Waals surface area contributed by atoms with Gasteiger partial charge in [-0.15, -0.1) is 0 Å². The lowest BCUT2D eigenvalue weighted by molar-refractivity contribution is -0.150. The van der Waals surface area contributed by atoms with E-state index in [0.717, 1.165) is 10.5 Å². The van der Waals surface area contributed by atoms with E-state index in [1.165, 1.54) is 0 Å². The van der Waals surface area contributed by atoms with Gasteiger partial charge >= 0.3 is 11.9 Å². The Morgan fingerprint density at radius 1 is 1.00 bits per heavy atom. The van der Waals surface area contributed by atoms with Crippen LogP contribution in [0.3, 0.4) is 0 Å². The second kappa shape index (κ2) is 5.32. The van der Waals surface area contributed by atoms with Gasteiger partial charge in [0.2, 0.25) is 5.91 Å². The molecule has 0 aromatic heterocycles. The van der Waals surface area contributed by atoms with Gasteiger partial charge in [0.05, 0.1) is 5.41 Å². The van der Waals surface area contributed by atoms with E-state index in [-0.39, 0.29) is 0 Å². The fourth-order valence-electron chi connectivity index (χ4n) is 2.34. The molecule has 0 radical (unpaired) electrons. The standard InChI is InChI=1S/C14H15NO5/c16-11(17)8-15(9-12(18)19)13(20)14(6-7-14)10-4-2-1-3-5-10/h1-5H,6-9H2,(H,16,17)(H,18,19). The lowest BCUT2D eigenvalue weighted by Crippen LogP contribution is -2.44. The van der Waals surface area contributed by atoms with Gasteiger partial charge in [0, 0.05) is 0 Å². The van der Waals surface area contributed by atoms with Gasteiger partial charge in [-0.25, -0.2) is 0 Å². The number of amides is 1. The first-order chi connectivity index (χ1) is 9.45. The van der Waals surface area contributed by atoms with Crippen LogP contribution in [0.2, 0.25) is 0 Å². The Morgan fingerprint density at radius 2 is 1.50 bits per heavy atom. The minimum atomic E-state index is -1.22. The number of carbonyl (C=O) groups is 3. The molecule has 2 rings (SSSR count). The number of hydrogen-bond donors (Lipinski definition) is 2. The third kappa shape index (κ3) is 2.79. The van der Waals surface area contributed by atoms with Crippen LogP contribution in [0.5, 0.6) is 0 Å². The molecule has 0 spiro atoms. The molecular formula is C14H15NO5. The molecule has 1 aromatic rings. The molecule has 1 saturated carbocycles. The number of aliphatic carboxylic acids is 2. The number of hydrogen-bond acceptors (Lipinski definition) is 3. The SMILES string of the molecule is O=C(O)CN(CC(=O)O)C(=O)C1(c2ccccc2)CC1. The molecule has 6 heteroatoms. The van der Waals surface area contributed by atoms with Crippen LogP contribution in [0.15, 0.2) is 30.3 Å². The number of nitrogens with zero attached hydrogens (tertiary/aromatic N) is 1. The molecule has 0 bridgehead atoms. The number of rotatable bonds is 6. The maximum Gasteiger partial charge on any atom is 0.323 e. The highest BCUT2D eigenvalue weighted by molar-refractivity contribution is 5.94. The molecule has 0 aliphatic heterocycles. The Hall–Kier alpha value is -2.37. The second-order valence-corrected chi connectivity index (χ2v) is 4.90. The minimum Gasteiger partial charge on any atom is -0.480 e. The summed E-state index contributed by atoms with van der Waals surface area (Å²) in [7, 11) is 0. The van der Waals surface area contributed by atoms with Crippen molar-refractivity contribution in [3.8, 4) is 0 Å². The van der Waals surface area contributed by atoms with Crippen molar-refractivity contribution in [3.05, 3.63) is 35.9 Å². The number of carboxylic acids is 2. The van der Waals surface area contributed by atoms with E-state index in [9.17, 15) is 14.4 Å². The van der Waals surface area contributed by atoms with E-state index in [1.807, 2.05) is 18.2 Å². The Morgan fingerprint density at radius 3 is 1.90 bits per heavy atom. The first kappa shape index (κ1) is 14.0. The number of carboxylic acid groups (broad SMARTS) is 2. The Bertz CT molecular complexity index is 520. The smallest absolute Gasteiger partial charge is 0.323 e. The molecule has 106 valence electrons. The highest BCUT2D eigenvalue weighted by atomic mass is 16.4. The van der Waals surface area contributed by atoms with Crippen molar-refractivity contribution in [3.63, 3.8) is 0 Å². The van der Waals surface area contributed by atoms with E-state index < -0.39 is 36.4 Å². The van der Waals surface area contributed by atoms with Crippen molar-refractivity contribution in [2.45, 2.75) is 18.3 Å². The molecule has 6 nitrogen and oxygen atoms in total. The van der Waals surface area contributed by atoms with Crippen LogP contribution < -0.4 is 0 Å². The summed E-state index contributed by atoms with van der Waals surface area (Å²) in [5.41, 5.74) is 0.0670. The predicted molar refractivity (Wildman–Crippen MR) is 69.2 cm³/mol. The molecule has 0 atom stereocenters. The first-order valence-electron chi connectivity index (χ1n) is 6.24. The third-order valence-electron chi connectivity index (χ3n) is 3.43. The van der Waals surface area contributed by atoms with Crippen LogP contribution in [-0.2, 0) is 19.8 Å². The molecule has 0 heterocycles. The zero-order chi connectivity index (χ0) is 14.8. The van der Waals surface area contributed by atoms with Crippen LogP contribution in [-0.4, -0.2) is 46.0 Å². The van der Waals surface area contributed by atoms with E-state index >= 15 is 0 Å². The van der Waals surface area contributed by atoms with Crippen molar-refractivity contribution in [2.24, 2.45) is 0 Å². The van der Waals surface area contributed by atoms with Gasteiger partial charge in [0.25, 0.3) is 0 Å². The summed E-state index contributed by atoms with van der Waals surface area (Å²) in [5, 5.41) is 17.6. The first-order valence-corrected chi connectivity index (χ1v) is 6.24. The summed E-state index contributed by atoms with van der Waals surface area (Å²) in [4.78, 5) is 35.0. The quantitative estimate of drug-likeness (QED) is 0.798. The molecule has 1 aliphatic rings. The largest absolute Gasteiger partial charge is 0.480 e. The monoisotopic (exact) mass is 277 g/mol. The fourth-order valence-corrected chi connectivity index (χ4v) is 2.34. The van der Waals surface area contributed by atoms with Crippen molar-refractivity contribution in [1.82, 2.24) is 4.90 Å². The van der Waals surface area contributed by atoms with Gasteiger partial charge in [-0.2, -0.15) is 0 Å². The number of carbonyl (C=O) groups excluding carboxylic acids is 1. The molecule has 1 amide bonds. The zero-order valence-electron chi connectivity index (χ0n) is 10.8.